The lowest BCUT2D eigenvalue weighted by Gasteiger charge is -2.48. The Labute approximate surface area is 145 Å². The average Bonchev–Trinajstić information content (AvgIpc) is 2.49. The summed E-state index contributed by atoms with van der Waals surface area (Å²) in [5.41, 5.74) is -0.499. The second-order valence-electron chi connectivity index (χ2n) is 7.11. The SMILES string of the molecule is CC1(C)C(=O)N(c2ccc(F)cc2)CCN1C(=O)[C@@H]1CC[C@@H]1C(=O)O. The van der Waals surface area contributed by atoms with Gasteiger partial charge >= 0.3 is 5.97 Å². The van der Waals surface area contributed by atoms with Gasteiger partial charge in [0.05, 0.1) is 11.8 Å². The van der Waals surface area contributed by atoms with Gasteiger partial charge in [0.2, 0.25) is 5.91 Å². The Hall–Kier alpha value is -2.44. The third-order valence-electron chi connectivity index (χ3n) is 5.30. The van der Waals surface area contributed by atoms with E-state index in [0.29, 0.717) is 31.6 Å². The molecule has 0 aromatic heterocycles. The molecule has 1 aliphatic carbocycles. The fourth-order valence-electron chi connectivity index (χ4n) is 3.57. The molecule has 1 saturated carbocycles. The summed E-state index contributed by atoms with van der Waals surface area (Å²) in [5, 5.41) is 9.17. The molecule has 7 heteroatoms. The molecule has 134 valence electrons. The summed E-state index contributed by atoms with van der Waals surface area (Å²) in [4.78, 5) is 39.9. The van der Waals surface area contributed by atoms with Crippen LogP contribution in [-0.2, 0) is 14.4 Å². The molecule has 1 N–H and O–H groups in total. The van der Waals surface area contributed by atoms with Gasteiger partial charge in [-0.3, -0.25) is 14.4 Å². The highest BCUT2D eigenvalue weighted by atomic mass is 19.1. The van der Waals surface area contributed by atoms with Crippen molar-refractivity contribution in [2.75, 3.05) is 18.0 Å². The Bertz CT molecular complexity index is 716. The maximum Gasteiger partial charge on any atom is 0.307 e. The standard InChI is InChI=1S/C18H21FN2O4/c1-18(2)17(25)20(12-5-3-11(19)4-6-12)9-10-21(18)15(22)13-7-8-14(13)16(23)24/h3-6,13-14H,7-10H2,1-2H3,(H,23,24)/t13-,14+/m1/s1. The van der Waals surface area contributed by atoms with Gasteiger partial charge in [0.1, 0.15) is 11.4 Å². The Morgan fingerprint density at radius 2 is 1.72 bits per heavy atom. The maximum atomic E-state index is 13.1. The van der Waals surface area contributed by atoms with Crippen LogP contribution in [0.2, 0.25) is 0 Å². The molecule has 1 aromatic carbocycles. The number of nitrogens with zero attached hydrogens (tertiary/aromatic N) is 2. The van der Waals surface area contributed by atoms with Gasteiger partial charge in [-0.25, -0.2) is 4.39 Å². The van der Waals surface area contributed by atoms with Gasteiger partial charge in [0.25, 0.3) is 5.91 Å². The maximum absolute atomic E-state index is 13.1. The molecule has 0 unspecified atom stereocenters. The van der Waals surface area contributed by atoms with Gasteiger partial charge in [-0.15, -0.1) is 0 Å². The van der Waals surface area contributed by atoms with Crippen LogP contribution in [0, 0.1) is 17.7 Å². The number of carbonyl (C=O) groups excluding carboxylic acids is 2. The lowest BCUT2D eigenvalue weighted by Crippen LogP contribution is -2.66. The summed E-state index contributed by atoms with van der Waals surface area (Å²) in [7, 11) is 0. The highest BCUT2D eigenvalue weighted by molar-refractivity contribution is 6.03. The van der Waals surface area contributed by atoms with Crippen LogP contribution < -0.4 is 4.90 Å². The number of aliphatic carboxylic acids is 1. The van der Waals surface area contributed by atoms with Crippen LogP contribution in [0.25, 0.3) is 0 Å². The van der Waals surface area contributed by atoms with Crippen LogP contribution in [0.15, 0.2) is 24.3 Å². The fraction of sp³-hybridized carbons (Fsp3) is 0.500. The first kappa shape index (κ1) is 17.4. The van der Waals surface area contributed by atoms with Crippen LogP contribution in [0.5, 0.6) is 0 Å². The Morgan fingerprint density at radius 3 is 2.24 bits per heavy atom. The molecule has 2 atom stereocenters. The number of piperazine rings is 1. The second-order valence-corrected chi connectivity index (χ2v) is 7.11. The van der Waals surface area contributed by atoms with E-state index in [2.05, 4.69) is 0 Å². The third kappa shape index (κ3) is 2.88. The van der Waals surface area contributed by atoms with Crippen molar-refractivity contribution in [3.05, 3.63) is 30.1 Å². The number of benzene rings is 1. The van der Waals surface area contributed by atoms with Crippen molar-refractivity contribution in [3.63, 3.8) is 0 Å². The molecule has 0 bridgehead atoms. The molecule has 1 aliphatic heterocycles. The lowest BCUT2D eigenvalue weighted by atomic mass is 9.72. The minimum absolute atomic E-state index is 0.259. The summed E-state index contributed by atoms with van der Waals surface area (Å²) >= 11 is 0. The molecule has 0 radical (unpaired) electrons. The number of carboxylic acids is 1. The zero-order valence-corrected chi connectivity index (χ0v) is 14.2. The fourth-order valence-corrected chi connectivity index (χ4v) is 3.57. The highest BCUT2D eigenvalue weighted by Crippen LogP contribution is 2.38. The average molecular weight is 348 g/mol. The summed E-state index contributed by atoms with van der Waals surface area (Å²) < 4.78 is 13.1. The highest BCUT2D eigenvalue weighted by Gasteiger charge is 2.50. The van der Waals surface area contributed by atoms with Crippen LogP contribution >= 0.6 is 0 Å². The zero-order chi connectivity index (χ0) is 18.4. The van der Waals surface area contributed by atoms with Crippen LogP contribution in [0.4, 0.5) is 10.1 Å². The number of hydrogen-bond acceptors (Lipinski definition) is 3. The predicted octanol–water partition coefficient (Wildman–Crippen LogP) is 1.89. The molecule has 2 fully saturated rings. The molecule has 1 aromatic rings. The quantitative estimate of drug-likeness (QED) is 0.905. The first-order chi connectivity index (χ1) is 11.7. The smallest absolute Gasteiger partial charge is 0.307 e. The van der Waals surface area contributed by atoms with Gasteiger partial charge in [-0.1, -0.05) is 0 Å². The summed E-state index contributed by atoms with van der Waals surface area (Å²) in [6.45, 7) is 3.94. The number of carboxylic acid groups (broad SMARTS) is 1. The second kappa shape index (κ2) is 6.13. The Balaban J connectivity index is 1.79. The van der Waals surface area contributed by atoms with E-state index < -0.39 is 23.3 Å². The summed E-state index contributed by atoms with van der Waals surface area (Å²) in [6, 6.07) is 5.65. The number of amides is 2. The molecule has 1 heterocycles. The van der Waals surface area contributed by atoms with Crippen molar-refractivity contribution in [2.24, 2.45) is 11.8 Å². The number of hydrogen-bond donors (Lipinski definition) is 1. The number of carbonyl (C=O) groups is 3. The Kier molecular flexibility index (Phi) is 4.26. The first-order valence-electron chi connectivity index (χ1n) is 8.35. The van der Waals surface area contributed by atoms with Gasteiger partial charge in [-0.2, -0.15) is 0 Å². The van der Waals surface area contributed by atoms with E-state index in [9.17, 15) is 18.8 Å². The summed E-state index contributed by atoms with van der Waals surface area (Å²) in [5.74, 6) is -3.08. The third-order valence-corrected chi connectivity index (χ3v) is 5.30. The van der Waals surface area contributed by atoms with E-state index in [0.717, 1.165) is 0 Å². The molecule has 3 rings (SSSR count). The minimum atomic E-state index is -1.08. The molecule has 2 aliphatic rings. The van der Waals surface area contributed by atoms with E-state index in [1.54, 1.807) is 18.7 Å². The molecule has 0 spiro atoms. The molecular weight excluding hydrogens is 327 g/mol. The van der Waals surface area contributed by atoms with Crippen LogP contribution in [0.3, 0.4) is 0 Å². The molecule has 1 saturated heterocycles. The van der Waals surface area contributed by atoms with E-state index in [4.69, 9.17) is 5.11 Å². The molecule has 2 amide bonds. The normalized spacial score (nSPS) is 25.5. The van der Waals surface area contributed by atoms with Crippen molar-refractivity contribution in [2.45, 2.75) is 32.2 Å². The van der Waals surface area contributed by atoms with Crippen molar-refractivity contribution >= 4 is 23.5 Å². The number of rotatable bonds is 3. The van der Waals surface area contributed by atoms with Crippen molar-refractivity contribution < 1.29 is 23.9 Å². The monoisotopic (exact) mass is 348 g/mol. The molecular formula is C18H21FN2O4. The topological polar surface area (TPSA) is 77.9 Å². The largest absolute Gasteiger partial charge is 0.481 e. The molecule has 6 nitrogen and oxygen atoms in total. The van der Waals surface area contributed by atoms with Crippen molar-refractivity contribution in [3.8, 4) is 0 Å². The number of anilines is 1. The van der Waals surface area contributed by atoms with Crippen LogP contribution in [-0.4, -0.2) is 46.4 Å². The van der Waals surface area contributed by atoms with Gasteiger partial charge in [-0.05, 0) is 51.0 Å². The van der Waals surface area contributed by atoms with Crippen LogP contribution in [0.1, 0.15) is 26.7 Å². The van der Waals surface area contributed by atoms with Gasteiger partial charge in [0, 0.05) is 18.8 Å². The lowest BCUT2D eigenvalue weighted by molar-refractivity contribution is -0.162. The summed E-state index contributed by atoms with van der Waals surface area (Å²) in [6.07, 6.45) is 1.04. The minimum Gasteiger partial charge on any atom is -0.481 e. The Morgan fingerprint density at radius 1 is 1.12 bits per heavy atom. The van der Waals surface area contributed by atoms with Crippen molar-refractivity contribution in [1.82, 2.24) is 4.90 Å². The van der Waals surface area contributed by atoms with Crippen molar-refractivity contribution in [1.29, 1.82) is 0 Å². The zero-order valence-electron chi connectivity index (χ0n) is 14.2. The van der Waals surface area contributed by atoms with Gasteiger partial charge < -0.3 is 14.9 Å². The van der Waals surface area contributed by atoms with E-state index in [1.807, 2.05) is 0 Å². The predicted molar refractivity (Wildman–Crippen MR) is 88.4 cm³/mol. The van der Waals surface area contributed by atoms with E-state index >= 15 is 0 Å². The number of halogens is 1. The van der Waals surface area contributed by atoms with E-state index in [-0.39, 0.29) is 17.6 Å². The van der Waals surface area contributed by atoms with Gasteiger partial charge in [0.15, 0.2) is 0 Å². The van der Waals surface area contributed by atoms with E-state index in [1.165, 1.54) is 29.2 Å². The first-order valence-corrected chi connectivity index (χ1v) is 8.35. The molecule has 25 heavy (non-hydrogen) atoms.